The van der Waals surface area contributed by atoms with Gasteiger partial charge in [-0.15, -0.1) is 0 Å². The van der Waals surface area contributed by atoms with Gasteiger partial charge in [-0.2, -0.15) is 0 Å². The maximum atomic E-state index is 12.0. The number of nitrogens with one attached hydrogen (secondary N) is 1. The highest BCUT2D eigenvalue weighted by molar-refractivity contribution is 9.10. The van der Waals surface area contributed by atoms with Crippen LogP contribution in [0.4, 0.5) is 10.5 Å². The lowest BCUT2D eigenvalue weighted by atomic mass is 10.4. The molecule has 0 aromatic carbocycles. The fourth-order valence-corrected chi connectivity index (χ4v) is 2.11. The zero-order valence-electron chi connectivity index (χ0n) is 9.57. The van der Waals surface area contributed by atoms with Crippen LogP contribution in [0.15, 0.2) is 16.9 Å². The quantitative estimate of drug-likeness (QED) is 0.889. The van der Waals surface area contributed by atoms with E-state index in [1.807, 2.05) is 0 Å². The first-order valence-electron chi connectivity index (χ1n) is 5.61. The standard InChI is InChI=1S/C11H13BrClN3O2/c12-8-5-14-6-9(10(8)13)15-11(18)16(3-4-17)7-1-2-7/h5-7,17H,1-4H2,(H,15,18). The van der Waals surface area contributed by atoms with Crippen molar-refractivity contribution >= 4 is 39.2 Å². The second-order valence-corrected chi connectivity index (χ2v) is 5.29. The van der Waals surface area contributed by atoms with E-state index in [-0.39, 0.29) is 18.7 Å². The summed E-state index contributed by atoms with van der Waals surface area (Å²) in [6.07, 6.45) is 5.02. The number of nitrogens with zero attached hydrogens (tertiary/aromatic N) is 2. The van der Waals surface area contributed by atoms with Gasteiger partial charge in [0.05, 0.1) is 28.0 Å². The molecule has 1 saturated carbocycles. The molecule has 2 rings (SSSR count). The number of aliphatic hydroxyl groups is 1. The Morgan fingerprint density at radius 2 is 2.33 bits per heavy atom. The molecule has 7 heteroatoms. The van der Waals surface area contributed by atoms with Crippen molar-refractivity contribution in [2.45, 2.75) is 18.9 Å². The molecule has 0 saturated heterocycles. The van der Waals surface area contributed by atoms with Gasteiger partial charge < -0.3 is 15.3 Å². The number of urea groups is 1. The number of amides is 2. The number of aromatic nitrogens is 1. The molecule has 18 heavy (non-hydrogen) atoms. The number of aliphatic hydroxyl groups excluding tert-OH is 1. The number of hydrogen-bond donors (Lipinski definition) is 2. The smallest absolute Gasteiger partial charge is 0.322 e. The Morgan fingerprint density at radius 1 is 1.61 bits per heavy atom. The molecule has 1 aliphatic carbocycles. The van der Waals surface area contributed by atoms with E-state index in [9.17, 15) is 4.79 Å². The zero-order chi connectivity index (χ0) is 13.1. The fraction of sp³-hybridized carbons (Fsp3) is 0.455. The molecule has 1 fully saturated rings. The first kappa shape index (κ1) is 13.6. The number of pyridine rings is 1. The molecule has 1 aliphatic rings. The summed E-state index contributed by atoms with van der Waals surface area (Å²) in [6, 6.07) is -0.0237. The minimum Gasteiger partial charge on any atom is -0.395 e. The maximum absolute atomic E-state index is 12.0. The Balaban J connectivity index is 2.07. The molecular formula is C11H13BrClN3O2. The van der Waals surface area contributed by atoms with Crippen LogP contribution in [0, 0.1) is 0 Å². The molecular weight excluding hydrogens is 321 g/mol. The second kappa shape index (κ2) is 5.86. The van der Waals surface area contributed by atoms with Crippen molar-refractivity contribution in [2.75, 3.05) is 18.5 Å². The zero-order valence-corrected chi connectivity index (χ0v) is 11.9. The number of anilines is 1. The second-order valence-electron chi connectivity index (χ2n) is 4.06. The molecule has 1 heterocycles. The van der Waals surface area contributed by atoms with E-state index in [4.69, 9.17) is 16.7 Å². The third kappa shape index (κ3) is 3.13. The Morgan fingerprint density at radius 3 is 2.94 bits per heavy atom. The van der Waals surface area contributed by atoms with Crippen LogP contribution in [0.2, 0.25) is 5.02 Å². The third-order valence-corrected chi connectivity index (χ3v) is 3.91. The Bertz CT molecular complexity index is 454. The first-order valence-corrected chi connectivity index (χ1v) is 6.78. The molecule has 98 valence electrons. The average molecular weight is 335 g/mol. The van der Waals surface area contributed by atoms with E-state index in [2.05, 4.69) is 26.2 Å². The first-order chi connectivity index (χ1) is 8.63. The van der Waals surface area contributed by atoms with E-state index < -0.39 is 0 Å². The van der Waals surface area contributed by atoms with Crippen molar-refractivity contribution in [3.05, 3.63) is 21.9 Å². The number of carbonyl (C=O) groups is 1. The average Bonchev–Trinajstić information content (AvgIpc) is 3.16. The highest BCUT2D eigenvalue weighted by Gasteiger charge is 2.32. The van der Waals surface area contributed by atoms with Gasteiger partial charge in [-0.25, -0.2) is 4.79 Å². The molecule has 0 unspecified atom stereocenters. The summed E-state index contributed by atoms with van der Waals surface area (Å²) in [6.45, 7) is 0.282. The van der Waals surface area contributed by atoms with Crippen molar-refractivity contribution in [1.82, 2.24) is 9.88 Å². The molecule has 0 spiro atoms. The highest BCUT2D eigenvalue weighted by atomic mass is 79.9. The summed E-state index contributed by atoms with van der Waals surface area (Å²) in [4.78, 5) is 17.6. The van der Waals surface area contributed by atoms with Gasteiger partial charge in [0.15, 0.2) is 0 Å². The molecule has 0 radical (unpaired) electrons. The van der Waals surface area contributed by atoms with Crippen LogP contribution in [0.1, 0.15) is 12.8 Å². The minimum atomic E-state index is -0.256. The molecule has 0 atom stereocenters. The third-order valence-electron chi connectivity index (χ3n) is 2.67. The van der Waals surface area contributed by atoms with Crippen LogP contribution in [-0.4, -0.2) is 40.2 Å². The molecule has 5 nitrogen and oxygen atoms in total. The van der Waals surface area contributed by atoms with Crippen LogP contribution in [0.3, 0.4) is 0 Å². The van der Waals surface area contributed by atoms with Gasteiger partial charge in [-0.3, -0.25) is 4.98 Å². The van der Waals surface area contributed by atoms with E-state index in [0.717, 1.165) is 12.8 Å². The number of rotatable bonds is 4. The summed E-state index contributed by atoms with van der Waals surface area (Å²) < 4.78 is 0.627. The number of carbonyl (C=O) groups excluding carboxylic acids is 1. The van der Waals surface area contributed by atoms with E-state index >= 15 is 0 Å². The fourth-order valence-electron chi connectivity index (χ4n) is 1.64. The van der Waals surface area contributed by atoms with E-state index in [1.165, 1.54) is 6.20 Å². The van der Waals surface area contributed by atoms with Gasteiger partial charge in [0.25, 0.3) is 0 Å². The monoisotopic (exact) mass is 333 g/mol. The van der Waals surface area contributed by atoms with Crippen molar-refractivity contribution in [1.29, 1.82) is 0 Å². The Labute approximate surface area is 118 Å². The SMILES string of the molecule is O=C(Nc1cncc(Br)c1Cl)N(CCO)C1CC1. The van der Waals surface area contributed by atoms with Gasteiger partial charge >= 0.3 is 6.03 Å². The van der Waals surface area contributed by atoms with Crippen LogP contribution in [-0.2, 0) is 0 Å². The largest absolute Gasteiger partial charge is 0.395 e. The van der Waals surface area contributed by atoms with Gasteiger partial charge in [0.2, 0.25) is 0 Å². The minimum absolute atomic E-state index is 0.0472. The molecule has 2 amide bonds. The van der Waals surface area contributed by atoms with Crippen LogP contribution >= 0.6 is 27.5 Å². The van der Waals surface area contributed by atoms with Gasteiger partial charge in [-0.05, 0) is 28.8 Å². The van der Waals surface area contributed by atoms with Crippen LogP contribution in [0.25, 0.3) is 0 Å². The van der Waals surface area contributed by atoms with E-state index in [1.54, 1.807) is 11.1 Å². The molecule has 2 N–H and O–H groups in total. The molecule has 0 bridgehead atoms. The van der Waals surface area contributed by atoms with E-state index in [0.29, 0.717) is 21.7 Å². The topological polar surface area (TPSA) is 65.5 Å². The summed E-state index contributed by atoms with van der Waals surface area (Å²) in [5.74, 6) is 0. The van der Waals surface area contributed by atoms with Crippen molar-refractivity contribution in [3.8, 4) is 0 Å². The normalized spacial score (nSPS) is 14.4. The number of hydrogen-bond acceptors (Lipinski definition) is 3. The Kier molecular flexibility index (Phi) is 4.42. The lowest BCUT2D eigenvalue weighted by Gasteiger charge is -2.22. The summed E-state index contributed by atoms with van der Waals surface area (Å²) in [5, 5.41) is 12.1. The molecule has 1 aromatic heterocycles. The lowest BCUT2D eigenvalue weighted by molar-refractivity contribution is 0.185. The van der Waals surface area contributed by atoms with Gasteiger partial charge in [0.1, 0.15) is 0 Å². The van der Waals surface area contributed by atoms with Crippen molar-refractivity contribution in [2.24, 2.45) is 0 Å². The number of halogens is 2. The van der Waals surface area contributed by atoms with Crippen molar-refractivity contribution < 1.29 is 9.90 Å². The molecule has 0 aliphatic heterocycles. The van der Waals surface area contributed by atoms with Crippen molar-refractivity contribution in [3.63, 3.8) is 0 Å². The predicted octanol–water partition coefficient (Wildman–Crippen LogP) is 2.49. The maximum Gasteiger partial charge on any atom is 0.322 e. The predicted molar refractivity (Wildman–Crippen MR) is 72.8 cm³/mol. The summed E-state index contributed by atoms with van der Waals surface area (Å²) >= 11 is 9.29. The molecule has 1 aromatic rings. The van der Waals surface area contributed by atoms with Crippen LogP contribution in [0.5, 0.6) is 0 Å². The summed E-state index contributed by atoms with van der Waals surface area (Å²) in [7, 11) is 0. The highest BCUT2D eigenvalue weighted by Crippen LogP contribution is 2.30. The van der Waals surface area contributed by atoms with Gasteiger partial charge in [-0.1, -0.05) is 11.6 Å². The lowest BCUT2D eigenvalue weighted by Crippen LogP contribution is -2.38. The van der Waals surface area contributed by atoms with Gasteiger partial charge in [0, 0.05) is 18.8 Å². The Hall–Kier alpha value is -0.850. The summed E-state index contributed by atoms with van der Waals surface area (Å²) in [5.41, 5.74) is 0.458. The van der Waals surface area contributed by atoms with Crippen LogP contribution < -0.4 is 5.32 Å².